The first-order valence-corrected chi connectivity index (χ1v) is 7.81. The maximum atomic E-state index is 12.7. The highest BCUT2D eigenvalue weighted by molar-refractivity contribution is 6.23. The van der Waals surface area contributed by atoms with E-state index in [-0.39, 0.29) is 35.4 Å². The van der Waals surface area contributed by atoms with Gasteiger partial charge in [0, 0.05) is 17.6 Å². The van der Waals surface area contributed by atoms with Crippen molar-refractivity contribution in [2.45, 2.75) is 45.2 Å². The summed E-state index contributed by atoms with van der Waals surface area (Å²) in [6.45, 7) is 5.97. The second-order valence-corrected chi connectivity index (χ2v) is 7.08. The predicted octanol–water partition coefficient (Wildman–Crippen LogP) is 1.30. The van der Waals surface area contributed by atoms with Crippen molar-refractivity contribution >= 4 is 29.3 Å². The minimum atomic E-state index is -0.936. The number of imide groups is 2. The number of carbonyl (C=O) groups excluding carboxylic acids is 4. The number of hydrogen-bond acceptors (Lipinski definition) is 5. The van der Waals surface area contributed by atoms with Crippen LogP contribution in [0.3, 0.4) is 0 Å². The van der Waals surface area contributed by atoms with Gasteiger partial charge in [-0.3, -0.25) is 29.4 Å². The molecule has 4 amide bonds. The molecule has 1 aromatic carbocycles. The minimum Gasteiger partial charge on any atom is -0.380 e. The summed E-state index contributed by atoms with van der Waals surface area (Å²) in [6.07, 6.45) is 0.268. The van der Waals surface area contributed by atoms with Crippen LogP contribution in [0.5, 0.6) is 0 Å². The highest BCUT2D eigenvalue weighted by atomic mass is 16.2. The Morgan fingerprint density at radius 3 is 2.38 bits per heavy atom. The third-order valence-corrected chi connectivity index (χ3v) is 3.96. The molecule has 126 valence electrons. The molecule has 0 saturated carbocycles. The van der Waals surface area contributed by atoms with Crippen LogP contribution in [0.25, 0.3) is 0 Å². The zero-order valence-electron chi connectivity index (χ0n) is 13.8. The lowest BCUT2D eigenvalue weighted by atomic mass is 10.0. The van der Waals surface area contributed by atoms with Crippen LogP contribution in [-0.4, -0.2) is 40.1 Å². The monoisotopic (exact) mass is 329 g/mol. The van der Waals surface area contributed by atoms with E-state index >= 15 is 0 Å². The van der Waals surface area contributed by atoms with Gasteiger partial charge in [0.1, 0.15) is 6.04 Å². The fraction of sp³-hybridized carbons (Fsp3) is 0.412. The van der Waals surface area contributed by atoms with Gasteiger partial charge in [-0.1, -0.05) is 0 Å². The second-order valence-electron chi connectivity index (χ2n) is 7.08. The average molecular weight is 329 g/mol. The van der Waals surface area contributed by atoms with Gasteiger partial charge in [-0.2, -0.15) is 0 Å². The van der Waals surface area contributed by atoms with Gasteiger partial charge in [0.2, 0.25) is 11.8 Å². The summed E-state index contributed by atoms with van der Waals surface area (Å²) in [5, 5.41) is 5.43. The van der Waals surface area contributed by atoms with E-state index in [4.69, 9.17) is 0 Å². The Morgan fingerprint density at radius 1 is 1.08 bits per heavy atom. The van der Waals surface area contributed by atoms with Crippen molar-refractivity contribution in [1.82, 2.24) is 10.2 Å². The summed E-state index contributed by atoms with van der Waals surface area (Å²) in [5.74, 6) is -1.98. The summed E-state index contributed by atoms with van der Waals surface area (Å²) < 4.78 is 0. The Bertz CT molecular complexity index is 764. The largest absolute Gasteiger partial charge is 0.380 e. The molecule has 7 nitrogen and oxygen atoms in total. The van der Waals surface area contributed by atoms with Crippen molar-refractivity contribution in [2.24, 2.45) is 0 Å². The van der Waals surface area contributed by atoms with Crippen LogP contribution in [-0.2, 0) is 9.59 Å². The molecule has 2 aliphatic heterocycles. The molecule has 0 aliphatic carbocycles. The fourth-order valence-electron chi connectivity index (χ4n) is 2.98. The Kier molecular flexibility index (Phi) is 3.66. The van der Waals surface area contributed by atoms with Gasteiger partial charge in [-0.05, 0) is 45.4 Å². The smallest absolute Gasteiger partial charge is 0.262 e. The number of nitrogens with one attached hydrogen (secondary N) is 2. The van der Waals surface area contributed by atoms with Crippen molar-refractivity contribution in [3.8, 4) is 0 Å². The summed E-state index contributed by atoms with van der Waals surface area (Å²) in [6, 6.07) is 4.03. The Morgan fingerprint density at radius 2 is 1.75 bits per heavy atom. The van der Waals surface area contributed by atoms with Crippen molar-refractivity contribution < 1.29 is 19.2 Å². The lowest BCUT2D eigenvalue weighted by Crippen LogP contribution is -2.54. The number of rotatable bonds is 2. The molecule has 3 rings (SSSR count). The van der Waals surface area contributed by atoms with E-state index < -0.39 is 23.8 Å². The number of carbonyl (C=O) groups is 4. The first-order valence-electron chi connectivity index (χ1n) is 7.81. The van der Waals surface area contributed by atoms with Crippen molar-refractivity contribution in [3.05, 3.63) is 29.3 Å². The molecule has 0 aromatic heterocycles. The van der Waals surface area contributed by atoms with Gasteiger partial charge in [-0.15, -0.1) is 0 Å². The molecule has 7 heteroatoms. The fourth-order valence-corrected chi connectivity index (χ4v) is 2.98. The molecule has 0 bridgehead atoms. The first kappa shape index (κ1) is 16.2. The SMILES string of the molecule is CC(C)(C)Nc1ccc2c(c1)C(=O)N(C1CCC(=O)NC1=O)C2=O. The third kappa shape index (κ3) is 2.77. The number of anilines is 1. The van der Waals surface area contributed by atoms with E-state index in [1.54, 1.807) is 18.2 Å². The van der Waals surface area contributed by atoms with Crippen LogP contribution in [0.2, 0.25) is 0 Å². The van der Waals surface area contributed by atoms with Crippen molar-refractivity contribution in [3.63, 3.8) is 0 Å². The molecular weight excluding hydrogens is 310 g/mol. The first-order chi connectivity index (χ1) is 11.2. The highest BCUT2D eigenvalue weighted by Gasteiger charge is 2.44. The van der Waals surface area contributed by atoms with Crippen molar-refractivity contribution in [1.29, 1.82) is 0 Å². The van der Waals surface area contributed by atoms with Crippen LogP contribution >= 0.6 is 0 Å². The maximum absolute atomic E-state index is 12.7. The van der Waals surface area contributed by atoms with Crippen LogP contribution in [0.4, 0.5) is 5.69 Å². The standard InChI is InChI=1S/C17H19N3O4/c1-17(2,3)19-9-4-5-10-11(8-9)16(24)20(15(10)23)12-6-7-13(21)18-14(12)22/h4-5,8,12,19H,6-7H2,1-3H3,(H,18,21,22). The zero-order valence-corrected chi connectivity index (χ0v) is 13.8. The van der Waals surface area contributed by atoms with Crippen LogP contribution in [0.15, 0.2) is 18.2 Å². The average Bonchev–Trinajstić information content (AvgIpc) is 2.70. The summed E-state index contributed by atoms with van der Waals surface area (Å²) in [7, 11) is 0. The van der Waals surface area contributed by atoms with Crippen LogP contribution in [0, 0.1) is 0 Å². The van der Waals surface area contributed by atoms with Gasteiger partial charge in [-0.25, -0.2) is 0 Å². The minimum absolute atomic E-state index is 0.112. The Labute approximate surface area is 139 Å². The van der Waals surface area contributed by atoms with E-state index in [1.807, 2.05) is 20.8 Å². The van der Waals surface area contributed by atoms with Gasteiger partial charge < -0.3 is 5.32 Å². The lowest BCUT2D eigenvalue weighted by Gasteiger charge is -2.27. The summed E-state index contributed by atoms with van der Waals surface area (Å²) in [5.41, 5.74) is 1.10. The van der Waals surface area contributed by atoms with E-state index in [2.05, 4.69) is 10.6 Å². The normalized spacial score (nSPS) is 21.0. The van der Waals surface area contributed by atoms with Gasteiger partial charge >= 0.3 is 0 Å². The van der Waals surface area contributed by atoms with Gasteiger partial charge in [0.05, 0.1) is 11.1 Å². The van der Waals surface area contributed by atoms with Gasteiger partial charge in [0.15, 0.2) is 0 Å². The number of piperidine rings is 1. The molecule has 1 atom stereocenters. The highest BCUT2D eigenvalue weighted by Crippen LogP contribution is 2.30. The molecule has 1 aromatic rings. The lowest BCUT2D eigenvalue weighted by molar-refractivity contribution is -0.136. The van der Waals surface area contributed by atoms with E-state index in [9.17, 15) is 19.2 Å². The Hall–Kier alpha value is -2.70. The van der Waals surface area contributed by atoms with E-state index in [0.717, 1.165) is 10.6 Å². The molecule has 1 unspecified atom stereocenters. The Balaban J connectivity index is 1.91. The molecule has 1 saturated heterocycles. The third-order valence-electron chi connectivity index (χ3n) is 3.96. The topological polar surface area (TPSA) is 95.6 Å². The molecule has 0 spiro atoms. The molecule has 2 aliphatic rings. The number of hydrogen-bond donors (Lipinski definition) is 2. The van der Waals surface area contributed by atoms with Crippen LogP contribution in [0.1, 0.15) is 54.3 Å². The maximum Gasteiger partial charge on any atom is 0.262 e. The quantitative estimate of drug-likeness (QED) is 0.797. The molecule has 2 N–H and O–H groups in total. The van der Waals surface area contributed by atoms with Crippen molar-refractivity contribution in [2.75, 3.05) is 5.32 Å². The van der Waals surface area contributed by atoms with E-state index in [1.165, 1.54) is 0 Å². The van der Waals surface area contributed by atoms with E-state index in [0.29, 0.717) is 0 Å². The summed E-state index contributed by atoms with van der Waals surface area (Å²) >= 11 is 0. The number of fused-ring (bicyclic) bond motifs is 1. The summed E-state index contributed by atoms with van der Waals surface area (Å²) in [4.78, 5) is 49.4. The molecule has 24 heavy (non-hydrogen) atoms. The molecule has 0 radical (unpaired) electrons. The molecule has 2 heterocycles. The number of amides is 4. The second kappa shape index (κ2) is 5.43. The zero-order chi connectivity index (χ0) is 17.6. The van der Waals surface area contributed by atoms with Gasteiger partial charge in [0.25, 0.3) is 11.8 Å². The molecular formula is C17H19N3O4. The van der Waals surface area contributed by atoms with Crippen LogP contribution < -0.4 is 10.6 Å². The number of nitrogens with zero attached hydrogens (tertiary/aromatic N) is 1. The predicted molar refractivity (Wildman–Crippen MR) is 86.5 cm³/mol. The number of benzene rings is 1. The molecule has 1 fully saturated rings.